The quantitative estimate of drug-likeness (QED) is 0.0952. The Hall–Kier alpha value is -2.68. The topological polar surface area (TPSA) is 225 Å². The van der Waals surface area contributed by atoms with Gasteiger partial charge in [-0.3, -0.25) is 14.4 Å². The van der Waals surface area contributed by atoms with Gasteiger partial charge in [-0.05, 0) is 49.1 Å². The molecule has 0 aliphatic heterocycles. The van der Waals surface area contributed by atoms with E-state index < -0.39 is 85.3 Å². The lowest BCUT2D eigenvalue weighted by atomic mass is 9.99. The largest absolute Gasteiger partial charge is 0.369 e. The third-order valence-corrected chi connectivity index (χ3v) is 14.3. The summed E-state index contributed by atoms with van der Waals surface area (Å²) in [6.07, 6.45) is 2.45. The summed E-state index contributed by atoms with van der Waals surface area (Å²) in [5.74, 6) is -3.11. The summed E-state index contributed by atoms with van der Waals surface area (Å²) in [4.78, 5) is 39.3. The molecule has 0 saturated carbocycles. The molecule has 5 N–H and O–H groups in total. The average Bonchev–Trinajstić information content (AvgIpc) is 3.03. The van der Waals surface area contributed by atoms with Gasteiger partial charge >= 0.3 is 0 Å². The van der Waals surface area contributed by atoms with Gasteiger partial charge in [-0.1, -0.05) is 92.1 Å². The van der Waals surface area contributed by atoms with E-state index in [0.717, 1.165) is 25.6 Å². The Bertz CT molecular complexity index is 1710. The molecule has 0 fully saturated rings. The van der Waals surface area contributed by atoms with Crippen molar-refractivity contribution in [1.82, 2.24) is 28.9 Å². The molecule has 1 rings (SSSR count). The fraction of sp³-hybridized carbons (Fsp3) is 0.757. The molecule has 16 nitrogen and oxygen atoms in total. The SMILES string of the molecule is CCC(C)[C@@H](CN(CC(=O)N[C@@H](CC(C)C)CN(CC(=O)N[C@@H](CC(C)C)CN(CC(N)=O)S(=O)(=O)Cc1ccccc1)S(=O)(=O)CC(C)C)S(C)(=O)=O)NC. The summed E-state index contributed by atoms with van der Waals surface area (Å²) < 4.78 is 83.3. The lowest BCUT2D eigenvalue weighted by Crippen LogP contribution is -2.54. The number of sulfonamides is 3. The highest BCUT2D eigenvalue weighted by atomic mass is 32.2. The van der Waals surface area contributed by atoms with Crippen molar-refractivity contribution < 1.29 is 39.6 Å². The summed E-state index contributed by atoms with van der Waals surface area (Å²) in [6, 6.07) is 6.61. The number of hydrogen-bond acceptors (Lipinski definition) is 10. The zero-order valence-electron chi connectivity index (χ0n) is 35.0. The summed E-state index contributed by atoms with van der Waals surface area (Å²) >= 11 is 0. The molecule has 3 amide bonds. The van der Waals surface area contributed by atoms with Gasteiger partial charge in [-0.15, -0.1) is 0 Å². The summed E-state index contributed by atoms with van der Waals surface area (Å²) in [7, 11) is -10.2. The lowest BCUT2D eigenvalue weighted by Gasteiger charge is -2.32. The summed E-state index contributed by atoms with van der Waals surface area (Å²) in [5, 5.41) is 8.78. The van der Waals surface area contributed by atoms with Crippen molar-refractivity contribution in [3.8, 4) is 0 Å². The molecule has 1 aromatic rings. The van der Waals surface area contributed by atoms with Crippen LogP contribution in [0.4, 0.5) is 0 Å². The highest BCUT2D eigenvalue weighted by Crippen LogP contribution is 2.17. The van der Waals surface area contributed by atoms with Crippen molar-refractivity contribution in [1.29, 1.82) is 0 Å². The predicted octanol–water partition coefficient (Wildman–Crippen LogP) is 1.55. The van der Waals surface area contributed by atoms with E-state index in [9.17, 15) is 39.6 Å². The Kier molecular flexibility index (Phi) is 21.7. The van der Waals surface area contributed by atoms with Crippen LogP contribution >= 0.6 is 0 Å². The molecule has 19 heteroatoms. The maximum atomic E-state index is 13.8. The zero-order chi connectivity index (χ0) is 43.0. The molecule has 0 aliphatic carbocycles. The minimum atomic E-state index is -4.08. The van der Waals surface area contributed by atoms with Gasteiger partial charge in [0.2, 0.25) is 47.8 Å². The van der Waals surface area contributed by atoms with E-state index >= 15 is 0 Å². The van der Waals surface area contributed by atoms with Gasteiger partial charge in [-0.2, -0.15) is 12.9 Å². The number of carbonyl (C=O) groups is 3. The number of nitrogens with zero attached hydrogens (tertiary/aromatic N) is 3. The molecule has 0 heterocycles. The molecular formula is C37H69N7O9S3. The van der Waals surface area contributed by atoms with Crippen LogP contribution in [0.15, 0.2) is 30.3 Å². The van der Waals surface area contributed by atoms with Crippen LogP contribution in [0.3, 0.4) is 0 Å². The highest BCUT2D eigenvalue weighted by Gasteiger charge is 2.33. The van der Waals surface area contributed by atoms with Crippen LogP contribution in [0.5, 0.6) is 0 Å². The van der Waals surface area contributed by atoms with Crippen LogP contribution in [0.2, 0.25) is 0 Å². The molecule has 0 saturated heterocycles. The van der Waals surface area contributed by atoms with Gasteiger partial charge in [0.05, 0.1) is 37.4 Å². The number of nitrogens with two attached hydrogens (primary N) is 1. The van der Waals surface area contributed by atoms with Crippen LogP contribution in [0.25, 0.3) is 0 Å². The summed E-state index contributed by atoms with van der Waals surface area (Å²) in [5.41, 5.74) is 5.95. The molecule has 56 heavy (non-hydrogen) atoms. The molecular weight excluding hydrogens is 783 g/mol. The molecule has 0 spiro atoms. The fourth-order valence-electron chi connectivity index (χ4n) is 6.36. The van der Waals surface area contributed by atoms with Crippen molar-refractivity contribution >= 4 is 47.8 Å². The van der Waals surface area contributed by atoms with E-state index in [2.05, 4.69) is 16.0 Å². The van der Waals surface area contributed by atoms with Gasteiger partial charge in [0, 0.05) is 37.8 Å². The maximum Gasteiger partial charge on any atom is 0.235 e. The van der Waals surface area contributed by atoms with Gasteiger partial charge in [-0.25, -0.2) is 25.3 Å². The minimum absolute atomic E-state index is 0.0154. The van der Waals surface area contributed by atoms with Crippen molar-refractivity contribution in [3.63, 3.8) is 0 Å². The number of amides is 3. The number of rotatable bonds is 28. The molecule has 0 bridgehead atoms. The molecule has 4 atom stereocenters. The summed E-state index contributed by atoms with van der Waals surface area (Å²) in [6.45, 7) is 12.7. The third-order valence-electron chi connectivity index (χ3n) is 9.16. The minimum Gasteiger partial charge on any atom is -0.369 e. The predicted molar refractivity (Wildman–Crippen MR) is 222 cm³/mol. The van der Waals surface area contributed by atoms with Crippen LogP contribution in [-0.2, 0) is 50.2 Å². The van der Waals surface area contributed by atoms with Crippen LogP contribution in [-0.4, -0.2) is 132 Å². The first-order valence-electron chi connectivity index (χ1n) is 19.3. The van der Waals surface area contributed by atoms with Gasteiger partial charge in [0.15, 0.2) is 0 Å². The van der Waals surface area contributed by atoms with Gasteiger partial charge < -0.3 is 21.7 Å². The monoisotopic (exact) mass is 851 g/mol. The fourth-order valence-corrected chi connectivity index (χ4v) is 10.4. The Balaban J connectivity index is 3.42. The van der Waals surface area contributed by atoms with Crippen molar-refractivity contribution in [2.24, 2.45) is 29.4 Å². The lowest BCUT2D eigenvalue weighted by molar-refractivity contribution is -0.122. The maximum absolute atomic E-state index is 13.8. The Labute approximate surface area is 337 Å². The molecule has 324 valence electrons. The molecule has 0 aliphatic rings. The second kappa shape index (κ2) is 23.7. The Morgan fingerprint density at radius 3 is 1.54 bits per heavy atom. The van der Waals surface area contributed by atoms with E-state index in [-0.39, 0.29) is 55.1 Å². The number of benzene rings is 1. The first-order chi connectivity index (χ1) is 25.8. The van der Waals surface area contributed by atoms with E-state index in [4.69, 9.17) is 5.73 Å². The zero-order valence-corrected chi connectivity index (χ0v) is 37.5. The normalized spacial score (nSPS) is 15.1. The van der Waals surface area contributed by atoms with E-state index in [0.29, 0.717) is 18.4 Å². The Morgan fingerprint density at radius 1 is 0.679 bits per heavy atom. The molecule has 0 aromatic heterocycles. The second-order valence-electron chi connectivity index (χ2n) is 16.1. The first kappa shape index (κ1) is 51.3. The van der Waals surface area contributed by atoms with Crippen LogP contribution in [0.1, 0.15) is 80.2 Å². The number of nitrogens with one attached hydrogen (secondary N) is 3. The Morgan fingerprint density at radius 2 is 1.14 bits per heavy atom. The standard InChI is InChI=1S/C37H69N7O9S3/c1-11-30(8)34(39-9)21-42(54(10,48)49)23-36(46)40-33(18-28(4)5)20-44(55(50,51)25-29(6)7)24-37(47)41-32(17-27(2)3)19-43(22-35(38)45)56(52,53)26-31-15-13-12-14-16-31/h12-16,27-30,32-34,39H,11,17-26H2,1-10H3,(H2,38,45)(H,40,46)(H,41,47)/t30?,32-,33-,34+/m0/s1. The molecule has 1 unspecified atom stereocenters. The van der Waals surface area contributed by atoms with Crippen molar-refractivity contribution in [2.45, 2.75) is 98.5 Å². The van der Waals surface area contributed by atoms with Crippen LogP contribution < -0.4 is 21.7 Å². The second-order valence-corrected chi connectivity index (χ2v) is 22.1. The third kappa shape index (κ3) is 19.7. The number of primary amides is 1. The van der Waals surface area contributed by atoms with Gasteiger partial charge in [0.1, 0.15) is 0 Å². The van der Waals surface area contributed by atoms with E-state index in [1.165, 1.54) is 0 Å². The number of hydrogen-bond donors (Lipinski definition) is 4. The van der Waals surface area contributed by atoms with Crippen molar-refractivity contribution in [2.75, 3.05) is 58.3 Å². The molecule has 0 radical (unpaired) electrons. The highest BCUT2D eigenvalue weighted by molar-refractivity contribution is 7.89. The smallest absolute Gasteiger partial charge is 0.235 e. The molecule has 1 aromatic carbocycles. The van der Waals surface area contributed by atoms with Crippen molar-refractivity contribution in [3.05, 3.63) is 35.9 Å². The number of carbonyl (C=O) groups excluding carboxylic acids is 3. The van der Waals surface area contributed by atoms with Crippen LogP contribution in [0, 0.1) is 23.7 Å². The van der Waals surface area contributed by atoms with Gasteiger partial charge in [0.25, 0.3) is 0 Å². The average molecular weight is 852 g/mol. The van der Waals surface area contributed by atoms with E-state index in [1.807, 2.05) is 41.5 Å². The number of likely N-dealkylation sites (N-methyl/N-ethyl adjacent to an activating group) is 1. The van der Waals surface area contributed by atoms with E-state index in [1.54, 1.807) is 51.2 Å². The first-order valence-corrected chi connectivity index (χ1v) is 24.3.